The Hall–Kier alpha value is -1.68. The highest BCUT2D eigenvalue weighted by atomic mass is 35.5. The third kappa shape index (κ3) is 4.44. The zero-order valence-electron chi connectivity index (χ0n) is 13.6. The summed E-state index contributed by atoms with van der Waals surface area (Å²) in [5, 5.41) is 11.4. The SMILES string of the molecule is O=C(CN1CCC(O)(Cc2ccccc2)CC1)c1ccc(Cl)cc1. The summed E-state index contributed by atoms with van der Waals surface area (Å²) in [5.41, 5.74) is 1.18. The summed E-state index contributed by atoms with van der Waals surface area (Å²) in [6.45, 7) is 1.87. The standard InChI is InChI=1S/C20H22ClNO2/c21-18-8-6-17(7-9-18)19(23)15-22-12-10-20(24,11-13-22)14-16-4-2-1-3-5-16/h1-9,24H,10-15H2. The summed E-state index contributed by atoms with van der Waals surface area (Å²) >= 11 is 5.86. The van der Waals surface area contributed by atoms with E-state index in [-0.39, 0.29) is 5.78 Å². The van der Waals surface area contributed by atoms with Crippen molar-refractivity contribution in [2.45, 2.75) is 24.9 Å². The van der Waals surface area contributed by atoms with Gasteiger partial charge in [0.25, 0.3) is 0 Å². The van der Waals surface area contributed by atoms with Crippen molar-refractivity contribution in [2.24, 2.45) is 0 Å². The number of carbonyl (C=O) groups is 1. The first-order valence-corrected chi connectivity index (χ1v) is 8.69. The lowest BCUT2D eigenvalue weighted by Gasteiger charge is -2.38. The van der Waals surface area contributed by atoms with Crippen LogP contribution >= 0.6 is 11.6 Å². The van der Waals surface area contributed by atoms with Gasteiger partial charge in [0.05, 0.1) is 12.1 Å². The highest BCUT2D eigenvalue weighted by molar-refractivity contribution is 6.30. The van der Waals surface area contributed by atoms with Crippen molar-refractivity contribution in [2.75, 3.05) is 19.6 Å². The van der Waals surface area contributed by atoms with E-state index in [9.17, 15) is 9.90 Å². The van der Waals surface area contributed by atoms with Crippen LogP contribution in [0, 0.1) is 0 Å². The quantitative estimate of drug-likeness (QED) is 0.843. The van der Waals surface area contributed by atoms with Gasteiger partial charge < -0.3 is 5.11 Å². The number of rotatable bonds is 5. The maximum atomic E-state index is 12.3. The molecular formula is C20H22ClNO2. The number of piperidine rings is 1. The summed E-state index contributed by atoms with van der Waals surface area (Å²) in [6, 6.07) is 17.1. The monoisotopic (exact) mass is 343 g/mol. The molecule has 0 atom stereocenters. The van der Waals surface area contributed by atoms with Crippen LogP contribution in [0.25, 0.3) is 0 Å². The van der Waals surface area contributed by atoms with Gasteiger partial charge in [-0.3, -0.25) is 9.69 Å². The number of hydrogen-bond acceptors (Lipinski definition) is 3. The molecule has 126 valence electrons. The van der Waals surface area contributed by atoms with Crippen molar-refractivity contribution in [1.82, 2.24) is 4.90 Å². The van der Waals surface area contributed by atoms with Gasteiger partial charge in [0, 0.05) is 30.1 Å². The van der Waals surface area contributed by atoms with Crippen LogP contribution in [0.15, 0.2) is 54.6 Å². The molecule has 0 spiro atoms. The van der Waals surface area contributed by atoms with Crippen LogP contribution < -0.4 is 0 Å². The molecule has 1 aliphatic rings. The summed E-state index contributed by atoms with van der Waals surface area (Å²) in [5.74, 6) is 0.0974. The lowest BCUT2D eigenvalue weighted by molar-refractivity contribution is -0.0193. The summed E-state index contributed by atoms with van der Waals surface area (Å²) in [4.78, 5) is 14.5. The molecule has 1 aliphatic heterocycles. The van der Waals surface area contributed by atoms with Crippen LogP contribution in [0.4, 0.5) is 0 Å². The van der Waals surface area contributed by atoms with Crippen LogP contribution in [0.5, 0.6) is 0 Å². The van der Waals surface area contributed by atoms with Gasteiger partial charge in [0.15, 0.2) is 5.78 Å². The van der Waals surface area contributed by atoms with E-state index in [0.29, 0.717) is 36.4 Å². The topological polar surface area (TPSA) is 40.5 Å². The molecule has 0 unspecified atom stereocenters. The first-order valence-electron chi connectivity index (χ1n) is 8.32. The summed E-state index contributed by atoms with van der Waals surface area (Å²) in [7, 11) is 0. The second-order valence-electron chi connectivity index (χ2n) is 6.59. The van der Waals surface area contributed by atoms with E-state index in [1.165, 1.54) is 0 Å². The number of hydrogen-bond donors (Lipinski definition) is 1. The van der Waals surface area contributed by atoms with Gasteiger partial charge in [-0.25, -0.2) is 0 Å². The molecule has 0 radical (unpaired) electrons. The minimum Gasteiger partial charge on any atom is -0.389 e. The fourth-order valence-corrected chi connectivity index (χ4v) is 3.34. The van der Waals surface area contributed by atoms with Crippen LogP contribution in [0.2, 0.25) is 5.02 Å². The number of halogens is 1. The Balaban J connectivity index is 1.53. The number of ketones is 1. The van der Waals surface area contributed by atoms with Crippen LogP contribution in [0.3, 0.4) is 0 Å². The van der Waals surface area contributed by atoms with Gasteiger partial charge in [-0.2, -0.15) is 0 Å². The number of likely N-dealkylation sites (tertiary alicyclic amines) is 1. The molecule has 2 aromatic carbocycles. The van der Waals surface area contributed by atoms with E-state index in [2.05, 4.69) is 17.0 Å². The normalized spacial score (nSPS) is 17.6. The Morgan fingerprint density at radius 1 is 1.04 bits per heavy atom. The number of nitrogens with zero attached hydrogens (tertiary/aromatic N) is 1. The van der Waals surface area contributed by atoms with E-state index in [1.807, 2.05) is 18.2 Å². The Kier molecular flexibility index (Phi) is 5.34. The van der Waals surface area contributed by atoms with Crippen molar-refractivity contribution >= 4 is 17.4 Å². The van der Waals surface area contributed by atoms with Gasteiger partial charge in [-0.1, -0.05) is 41.9 Å². The van der Waals surface area contributed by atoms with Crippen LogP contribution in [0.1, 0.15) is 28.8 Å². The number of aliphatic hydroxyl groups is 1. The van der Waals surface area contributed by atoms with E-state index >= 15 is 0 Å². The molecule has 0 aromatic heterocycles. The molecule has 1 fully saturated rings. The van der Waals surface area contributed by atoms with E-state index < -0.39 is 5.60 Å². The lowest BCUT2D eigenvalue weighted by Crippen LogP contribution is -2.47. The molecule has 1 heterocycles. The molecule has 0 bridgehead atoms. The van der Waals surface area contributed by atoms with Crippen molar-refractivity contribution in [3.05, 3.63) is 70.7 Å². The van der Waals surface area contributed by atoms with Crippen molar-refractivity contribution < 1.29 is 9.90 Å². The molecule has 1 saturated heterocycles. The zero-order valence-corrected chi connectivity index (χ0v) is 14.4. The zero-order chi connectivity index (χ0) is 17.0. The molecular weight excluding hydrogens is 322 g/mol. The molecule has 4 heteroatoms. The molecule has 3 rings (SSSR count). The minimum absolute atomic E-state index is 0.0974. The Morgan fingerprint density at radius 2 is 1.67 bits per heavy atom. The van der Waals surface area contributed by atoms with Gasteiger partial charge in [-0.15, -0.1) is 0 Å². The lowest BCUT2D eigenvalue weighted by atomic mass is 9.85. The second-order valence-corrected chi connectivity index (χ2v) is 7.03. The third-order valence-corrected chi connectivity index (χ3v) is 4.95. The molecule has 0 aliphatic carbocycles. The van der Waals surface area contributed by atoms with E-state index in [4.69, 9.17) is 11.6 Å². The summed E-state index contributed by atoms with van der Waals surface area (Å²) in [6.07, 6.45) is 2.05. The molecule has 0 saturated carbocycles. The maximum Gasteiger partial charge on any atom is 0.176 e. The van der Waals surface area contributed by atoms with Crippen molar-refractivity contribution in [3.8, 4) is 0 Å². The number of Topliss-reactive ketones (excluding diaryl/α,β-unsaturated/α-hetero) is 1. The first kappa shape index (κ1) is 17.2. The minimum atomic E-state index is -0.666. The van der Waals surface area contributed by atoms with E-state index in [0.717, 1.165) is 18.7 Å². The second kappa shape index (κ2) is 7.47. The van der Waals surface area contributed by atoms with Gasteiger partial charge >= 0.3 is 0 Å². The number of carbonyl (C=O) groups excluding carboxylic acids is 1. The fraction of sp³-hybridized carbons (Fsp3) is 0.350. The first-order chi connectivity index (χ1) is 11.5. The largest absolute Gasteiger partial charge is 0.389 e. The van der Waals surface area contributed by atoms with Crippen molar-refractivity contribution in [1.29, 1.82) is 0 Å². The van der Waals surface area contributed by atoms with Gasteiger partial charge in [-0.05, 0) is 42.7 Å². The number of benzene rings is 2. The smallest absolute Gasteiger partial charge is 0.176 e. The highest BCUT2D eigenvalue weighted by Crippen LogP contribution is 2.26. The average molecular weight is 344 g/mol. The highest BCUT2D eigenvalue weighted by Gasteiger charge is 2.32. The molecule has 0 amide bonds. The van der Waals surface area contributed by atoms with Crippen LogP contribution in [-0.4, -0.2) is 41.0 Å². The molecule has 24 heavy (non-hydrogen) atoms. The predicted octanol–water partition coefficient (Wildman–Crippen LogP) is 3.59. The Morgan fingerprint density at radius 3 is 2.29 bits per heavy atom. The Labute approximate surface area is 147 Å². The van der Waals surface area contributed by atoms with E-state index in [1.54, 1.807) is 24.3 Å². The fourth-order valence-electron chi connectivity index (χ4n) is 3.21. The third-order valence-electron chi connectivity index (χ3n) is 4.70. The van der Waals surface area contributed by atoms with Gasteiger partial charge in [0.1, 0.15) is 0 Å². The van der Waals surface area contributed by atoms with Gasteiger partial charge in [0.2, 0.25) is 0 Å². The maximum absolute atomic E-state index is 12.3. The predicted molar refractivity (Wildman–Crippen MR) is 96.6 cm³/mol. The molecule has 2 aromatic rings. The molecule has 1 N–H and O–H groups in total. The molecule has 3 nitrogen and oxygen atoms in total. The summed E-state index contributed by atoms with van der Waals surface area (Å²) < 4.78 is 0. The average Bonchev–Trinajstić information content (AvgIpc) is 2.58. The van der Waals surface area contributed by atoms with Crippen LogP contribution in [-0.2, 0) is 6.42 Å². The van der Waals surface area contributed by atoms with Crippen molar-refractivity contribution in [3.63, 3.8) is 0 Å². The Bertz CT molecular complexity index is 677.